The number of nitrogens with one attached hydrogen (secondary N) is 1. The van der Waals surface area contributed by atoms with Gasteiger partial charge >= 0.3 is 0 Å². The van der Waals surface area contributed by atoms with Crippen LogP contribution < -0.4 is 5.32 Å². The van der Waals surface area contributed by atoms with Crippen LogP contribution in [-0.2, 0) is 27.4 Å². The van der Waals surface area contributed by atoms with Gasteiger partial charge in [-0.05, 0) is 30.7 Å². The molecule has 0 saturated carbocycles. The van der Waals surface area contributed by atoms with E-state index in [1.54, 1.807) is 22.9 Å². The number of aryl methyl sites for hydroxylation is 1. The van der Waals surface area contributed by atoms with Crippen LogP contribution in [0, 0.1) is 5.82 Å². The second-order valence-electron chi connectivity index (χ2n) is 6.49. The molecule has 144 valence electrons. The summed E-state index contributed by atoms with van der Waals surface area (Å²) in [5.74, 6) is -1.63. The Labute approximate surface area is 157 Å². The molecule has 0 fully saturated rings. The summed E-state index contributed by atoms with van der Waals surface area (Å²) in [6, 6.07) is 4.08. The molecule has 1 aromatic heterocycles. The van der Waals surface area contributed by atoms with Gasteiger partial charge in [-0.25, -0.2) is 4.39 Å². The molecule has 27 heavy (non-hydrogen) atoms. The zero-order valence-electron chi connectivity index (χ0n) is 15.4. The van der Waals surface area contributed by atoms with E-state index in [1.165, 1.54) is 18.2 Å². The molecule has 0 aliphatic carbocycles. The van der Waals surface area contributed by atoms with Crippen molar-refractivity contribution in [3.8, 4) is 0 Å². The Morgan fingerprint density at radius 2 is 2.30 bits per heavy atom. The van der Waals surface area contributed by atoms with Crippen LogP contribution in [0.25, 0.3) is 0 Å². The Morgan fingerprint density at radius 1 is 1.48 bits per heavy atom. The van der Waals surface area contributed by atoms with Crippen LogP contribution in [0.4, 0.5) is 10.1 Å². The second kappa shape index (κ2) is 8.30. The number of carbonyl (C=O) groups is 2. The van der Waals surface area contributed by atoms with Gasteiger partial charge in [-0.2, -0.15) is 5.10 Å². The van der Waals surface area contributed by atoms with Crippen LogP contribution >= 0.6 is 0 Å². The van der Waals surface area contributed by atoms with Gasteiger partial charge in [-0.3, -0.25) is 14.3 Å². The average Bonchev–Trinajstić information content (AvgIpc) is 3.12. The summed E-state index contributed by atoms with van der Waals surface area (Å²) in [5.41, 5.74) is 1.88. The van der Waals surface area contributed by atoms with Crippen molar-refractivity contribution in [1.82, 2.24) is 14.7 Å². The number of nitrogens with zero attached hydrogens (tertiary/aromatic N) is 3. The van der Waals surface area contributed by atoms with Crippen molar-refractivity contribution in [2.24, 2.45) is 0 Å². The molecule has 2 heterocycles. The third-order valence-corrected chi connectivity index (χ3v) is 4.61. The maximum absolute atomic E-state index is 13.8. The number of ether oxygens (including phenoxy) is 1. The van der Waals surface area contributed by atoms with Gasteiger partial charge in [0, 0.05) is 50.6 Å². The molecule has 1 N–H and O–H groups in total. The van der Waals surface area contributed by atoms with Crippen molar-refractivity contribution in [3.63, 3.8) is 0 Å². The van der Waals surface area contributed by atoms with Crippen LogP contribution in [0.3, 0.4) is 0 Å². The lowest BCUT2D eigenvalue weighted by Gasteiger charge is -2.30. The molecule has 2 aromatic rings. The number of hydrogen-bond acceptors (Lipinski definition) is 4. The summed E-state index contributed by atoms with van der Waals surface area (Å²) in [4.78, 5) is 26.9. The van der Waals surface area contributed by atoms with Crippen LogP contribution in [0.2, 0.25) is 0 Å². The van der Waals surface area contributed by atoms with Crippen LogP contribution in [0.5, 0.6) is 0 Å². The van der Waals surface area contributed by atoms with E-state index in [2.05, 4.69) is 10.4 Å². The zero-order chi connectivity index (χ0) is 19.4. The highest BCUT2D eigenvalue weighted by molar-refractivity contribution is 6.01. The molecule has 0 spiro atoms. The number of halogens is 1. The van der Waals surface area contributed by atoms with Gasteiger partial charge < -0.3 is 15.0 Å². The van der Waals surface area contributed by atoms with Gasteiger partial charge in [0.1, 0.15) is 5.82 Å². The fourth-order valence-electron chi connectivity index (χ4n) is 3.22. The van der Waals surface area contributed by atoms with Crippen molar-refractivity contribution in [2.45, 2.75) is 32.4 Å². The van der Waals surface area contributed by atoms with Crippen LogP contribution in [0.1, 0.15) is 30.4 Å². The predicted octanol–water partition coefficient (Wildman–Crippen LogP) is 2.14. The third-order valence-electron chi connectivity index (χ3n) is 4.61. The number of methoxy groups -OCH3 is 1. The molecule has 1 aromatic carbocycles. The predicted molar refractivity (Wildman–Crippen MR) is 97.6 cm³/mol. The first-order chi connectivity index (χ1) is 13.0. The standard InChI is InChI=1S/C19H23FN4O3/c1-3-24-12-13(10-21-24)11-23(6-7-27-2)19(26)16-9-18(25)22-17-5-4-14(20)8-15(16)17/h4-5,8,10,12,16H,3,6-7,9,11H2,1-2H3,(H,22,25). The van der Waals surface area contributed by atoms with Crippen molar-refractivity contribution >= 4 is 17.5 Å². The van der Waals surface area contributed by atoms with E-state index in [0.29, 0.717) is 30.9 Å². The summed E-state index contributed by atoms with van der Waals surface area (Å²) < 4.78 is 20.7. The monoisotopic (exact) mass is 374 g/mol. The first-order valence-electron chi connectivity index (χ1n) is 8.90. The zero-order valence-corrected chi connectivity index (χ0v) is 15.4. The Balaban J connectivity index is 1.87. The van der Waals surface area contributed by atoms with Crippen LogP contribution in [0.15, 0.2) is 30.6 Å². The number of hydrogen-bond donors (Lipinski definition) is 1. The van der Waals surface area contributed by atoms with Crippen LogP contribution in [-0.4, -0.2) is 46.8 Å². The molecule has 2 amide bonds. The highest BCUT2D eigenvalue weighted by Crippen LogP contribution is 2.34. The molecular weight excluding hydrogens is 351 g/mol. The summed E-state index contributed by atoms with van der Waals surface area (Å²) in [7, 11) is 1.57. The second-order valence-corrected chi connectivity index (χ2v) is 6.49. The minimum absolute atomic E-state index is 0.00695. The molecule has 1 atom stereocenters. The quantitative estimate of drug-likeness (QED) is 0.806. The number of fused-ring (bicyclic) bond motifs is 1. The van der Waals surface area contributed by atoms with Gasteiger partial charge in [-0.15, -0.1) is 0 Å². The molecule has 1 aliphatic rings. The average molecular weight is 374 g/mol. The molecule has 7 nitrogen and oxygen atoms in total. The van der Waals surface area contributed by atoms with E-state index >= 15 is 0 Å². The van der Waals surface area contributed by atoms with Gasteiger partial charge in [-0.1, -0.05) is 0 Å². The molecule has 8 heteroatoms. The number of benzene rings is 1. The molecular formula is C19H23FN4O3. The third kappa shape index (κ3) is 4.33. The molecule has 0 bridgehead atoms. The number of anilines is 1. The molecule has 1 unspecified atom stereocenters. The van der Waals surface area contributed by atoms with Crippen molar-refractivity contribution in [1.29, 1.82) is 0 Å². The first kappa shape index (κ1) is 19.0. The number of aromatic nitrogens is 2. The number of carbonyl (C=O) groups excluding carboxylic acids is 2. The first-order valence-corrected chi connectivity index (χ1v) is 8.90. The number of amides is 2. The van der Waals surface area contributed by atoms with E-state index in [0.717, 1.165) is 12.1 Å². The smallest absolute Gasteiger partial charge is 0.231 e. The van der Waals surface area contributed by atoms with Gasteiger partial charge in [0.05, 0.1) is 18.7 Å². The van der Waals surface area contributed by atoms with Crippen molar-refractivity contribution < 1.29 is 18.7 Å². The fraction of sp³-hybridized carbons (Fsp3) is 0.421. The summed E-state index contributed by atoms with van der Waals surface area (Å²) >= 11 is 0. The number of rotatable bonds is 7. The Kier molecular flexibility index (Phi) is 5.85. The molecule has 3 rings (SSSR count). The maximum Gasteiger partial charge on any atom is 0.231 e. The minimum Gasteiger partial charge on any atom is -0.383 e. The van der Waals surface area contributed by atoms with E-state index < -0.39 is 11.7 Å². The summed E-state index contributed by atoms with van der Waals surface area (Å²) in [5, 5.41) is 6.93. The highest BCUT2D eigenvalue weighted by atomic mass is 19.1. The fourth-order valence-corrected chi connectivity index (χ4v) is 3.22. The lowest BCUT2D eigenvalue weighted by atomic mass is 9.89. The van der Waals surface area contributed by atoms with Gasteiger partial charge in [0.15, 0.2) is 0 Å². The normalized spacial score (nSPS) is 16.0. The topological polar surface area (TPSA) is 76.5 Å². The van der Waals surface area contributed by atoms with E-state index in [9.17, 15) is 14.0 Å². The van der Waals surface area contributed by atoms with Crippen molar-refractivity contribution in [3.05, 3.63) is 47.5 Å². The summed E-state index contributed by atoms with van der Waals surface area (Å²) in [6.45, 7) is 3.81. The Hall–Kier alpha value is -2.74. The summed E-state index contributed by atoms with van der Waals surface area (Å²) in [6.07, 6.45) is 3.60. The lowest BCUT2D eigenvalue weighted by molar-refractivity contribution is -0.136. The van der Waals surface area contributed by atoms with E-state index in [1.807, 2.05) is 13.1 Å². The largest absolute Gasteiger partial charge is 0.383 e. The van der Waals surface area contributed by atoms with Crippen molar-refractivity contribution in [2.75, 3.05) is 25.6 Å². The SMILES string of the molecule is CCn1cc(CN(CCOC)C(=O)C2CC(=O)Nc3ccc(F)cc32)cn1. The maximum atomic E-state index is 13.8. The highest BCUT2D eigenvalue weighted by Gasteiger charge is 2.34. The molecule has 0 saturated heterocycles. The van der Waals surface area contributed by atoms with Gasteiger partial charge in [0.2, 0.25) is 11.8 Å². The van der Waals surface area contributed by atoms with E-state index in [4.69, 9.17) is 4.74 Å². The lowest BCUT2D eigenvalue weighted by Crippen LogP contribution is -2.40. The Morgan fingerprint density at radius 3 is 3.00 bits per heavy atom. The minimum atomic E-state index is -0.720. The van der Waals surface area contributed by atoms with Gasteiger partial charge in [0.25, 0.3) is 0 Å². The molecule has 0 radical (unpaired) electrons. The molecule has 1 aliphatic heterocycles. The van der Waals surface area contributed by atoms with E-state index in [-0.39, 0.29) is 18.2 Å². The Bertz CT molecular complexity index is 836.